The van der Waals surface area contributed by atoms with Gasteiger partial charge in [-0.2, -0.15) is 0 Å². The number of nitrogens with two attached hydrogens (primary N) is 2. The molecule has 0 spiro atoms. The van der Waals surface area contributed by atoms with Crippen LogP contribution < -0.4 is 10.9 Å². The van der Waals surface area contributed by atoms with Crippen LogP contribution in [0.3, 0.4) is 0 Å². The molecule has 110 valence electrons. The number of rotatable bonds is 2. The number of carbonyl (C=O) groups is 1. The Morgan fingerprint density at radius 2 is 2.10 bits per heavy atom. The normalized spacial score (nSPS) is 19.4. The Kier molecular flexibility index (Phi) is 4.14. The fraction of sp³-hybridized carbons (Fsp3) is 0.364. The number of primary sulfonamides is 1. The number of hydrogen-bond donors (Lipinski definition) is 2. The second-order valence-electron chi connectivity index (χ2n) is 4.61. The van der Waals surface area contributed by atoms with Crippen LogP contribution in [-0.2, 0) is 10.0 Å². The molecule has 0 bridgehead atoms. The third-order valence-electron chi connectivity index (χ3n) is 3.05. The molecule has 1 atom stereocenters. The lowest BCUT2D eigenvalue weighted by Crippen LogP contribution is -2.32. The summed E-state index contributed by atoms with van der Waals surface area (Å²) in [5, 5.41) is 5.00. The Morgan fingerprint density at radius 1 is 1.45 bits per heavy atom. The molecular formula is C11H13BrFN3O3S. The van der Waals surface area contributed by atoms with Crippen molar-refractivity contribution < 1.29 is 17.6 Å². The Bertz CT molecular complexity index is 665. The van der Waals surface area contributed by atoms with Crippen LogP contribution in [0.1, 0.15) is 16.8 Å². The van der Waals surface area contributed by atoms with E-state index in [-0.39, 0.29) is 16.1 Å². The number of likely N-dealkylation sites (tertiary alicyclic amines) is 1. The van der Waals surface area contributed by atoms with Crippen LogP contribution in [0.4, 0.5) is 4.39 Å². The van der Waals surface area contributed by atoms with Crippen LogP contribution in [0.2, 0.25) is 0 Å². The van der Waals surface area contributed by atoms with Gasteiger partial charge in [0.25, 0.3) is 5.91 Å². The number of nitrogens with zero attached hydrogens (tertiary/aromatic N) is 1. The van der Waals surface area contributed by atoms with Gasteiger partial charge in [-0.05, 0) is 34.5 Å². The van der Waals surface area contributed by atoms with Gasteiger partial charge in [-0.15, -0.1) is 0 Å². The standard InChI is InChI=1S/C11H13BrFN3O3S/c12-10-8(11(17)16-2-1-7(14)5-16)3-6(13)4-9(10)20(15,18)19/h3-4,7H,1-2,5,14H2,(H2,15,18,19). The number of benzene rings is 1. The smallest absolute Gasteiger partial charge is 0.255 e. The molecule has 1 fully saturated rings. The van der Waals surface area contributed by atoms with E-state index < -0.39 is 26.6 Å². The lowest BCUT2D eigenvalue weighted by atomic mass is 10.2. The van der Waals surface area contributed by atoms with Crippen LogP contribution in [0.25, 0.3) is 0 Å². The molecule has 4 N–H and O–H groups in total. The van der Waals surface area contributed by atoms with E-state index in [9.17, 15) is 17.6 Å². The maximum Gasteiger partial charge on any atom is 0.255 e. The molecule has 1 aromatic rings. The van der Waals surface area contributed by atoms with E-state index in [1.807, 2.05) is 0 Å². The average molecular weight is 366 g/mol. The minimum absolute atomic E-state index is 0.0353. The van der Waals surface area contributed by atoms with Crippen molar-refractivity contribution in [1.82, 2.24) is 4.90 Å². The molecular weight excluding hydrogens is 353 g/mol. The fourth-order valence-electron chi connectivity index (χ4n) is 2.07. The highest BCUT2D eigenvalue weighted by molar-refractivity contribution is 9.10. The molecule has 0 aromatic heterocycles. The Labute approximate surface area is 124 Å². The number of sulfonamides is 1. The Balaban J connectivity index is 2.47. The molecule has 6 nitrogen and oxygen atoms in total. The summed E-state index contributed by atoms with van der Waals surface area (Å²) in [4.78, 5) is 13.3. The van der Waals surface area contributed by atoms with Gasteiger partial charge in [0.2, 0.25) is 10.0 Å². The highest BCUT2D eigenvalue weighted by Gasteiger charge is 2.28. The quantitative estimate of drug-likeness (QED) is 0.791. The molecule has 0 radical (unpaired) electrons. The molecule has 2 rings (SSSR count). The highest BCUT2D eigenvalue weighted by atomic mass is 79.9. The molecule has 1 aliphatic heterocycles. The van der Waals surface area contributed by atoms with Crippen molar-refractivity contribution in [3.63, 3.8) is 0 Å². The molecule has 1 heterocycles. The van der Waals surface area contributed by atoms with E-state index >= 15 is 0 Å². The third-order valence-corrected chi connectivity index (χ3v) is 5.10. The molecule has 1 unspecified atom stereocenters. The maximum absolute atomic E-state index is 13.5. The van der Waals surface area contributed by atoms with Crippen molar-refractivity contribution in [2.75, 3.05) is 13.1 Å². The number of amides is 1. The summed E-state index contributed by atoms with van der Waals surface area (Å²) in [5.41, 5.74) is 5.63. The predicted molar refractivity (Wildman–Crippen MR) is 74.0 cm³/mol. The van der Waals surface area contributed by atoms with Crippen molar-refractivity contribution in [1.29, 1.82) is 0 Å². The topological polar surface area (TPSA) is 106 Å². The van der Waals surface area contributed by atoms with Crippen molar-refractivity contribution in [3.05, 3.63) is 28.0 Å². The van der Waals surface area contributed by atoms with Crippen LogP contribution >= 0.6 is 15.9 Å². The van der Waals surface area contributed by atoms with Gasteiger partial charge in [0, 0.05) is 19.1 Å². The summed E-state index contributed by atoms with van der Waals surface area (Å²) in [7, 11) is -4.13. The minimum atomic E-state index is -4.13. The second kappa shape index (κ2) is 5.40. The molecule has 1 aliphatic rings. The van der Waals surface area contributed by atoms with Gasteiger partial charge in [-0.25, -0.2) is 17.9 Å². The highest BCUT2D eigenvalue weighted by Crippen LogP contribution is 2.28. The minimum Gasteiger partial charge on any atom is -0.337 e. The summed E-state index contributed by atoms with van der Waals surface area (Å²) in [6, 6.07) is 1.63. The fourth-order valence-corrected chi connectivity index (χ4v) is 3.78. The first-order valence-electron chi connectivity index (χ1n) is 5.77. The Hall–Kier alpha value is -1.03. The van der Waals surface area contributed by atoms with E-state index in [1.165, 1.54) is 4.90 Å². The first-order valence-corrected chi connectivity index (χ1v) is 8.11. The summed E-state index contributed by atoms with van der Waals surface area (Å²) in [6.45, 7) is 0.806. The maximum atomic E-state index is 13.5. The second-order valence-corrected chi connectivity index (χ2v) is 6.93. The van der Waals surface area contributed by atoms with Crippen molar-refractivity contribution in [2.45, 2.75) is 17.4 Å². The van der Waals surface area contributed by atoms with Gasteiger partial charge in [0.1, 0.15) is 5.82 Å². The zero-order valence-corrected chi connectivity index (χ0v) is 12.7. The number of carbonyl (C=O) groups excluding carboxylic acids is 1. The first kappa shape index (κ1) is 15.4. The first-order chi connectivity index (χ1) is 9.20. The summed E-state index contributed by atoms with van der Waals surface area (Å²) < 4.78 is 36.3. The van der Waals surface area contributed by atoms with Gasteiger partial charge in [0.15, 0.2) is 0 Å². The van der Waals surface area contributed by atoms with Gasteiger partial charge in [-0.1, -0.05) is 0 Å². The average Bonchev–Trinajstić information content (AvgIpc) is 2.76. The lowest BCUT2D eigenvalue weighted by molar-refractivity contribution is 0.0789. The molecule has 20 heavy (non-hydrogen) atoms. The van der Waals surface area contributed by atoms with Crippen LogP contribution in [0.15, 0.2) is 21.5 Å². The lowest BCUT2D eigenvalue weighted by Gasteiger charge is -2.17. The van der Waals surface area contributed by atoms with E-state index in [2.05, 4.69) is 15.9 Å². The molecule has 1 amide bonds. The monoisotopic (exact) mass is 365 g/mol. The van der Waals surface area contributed by atoms with Crippen LogP contribution in [0, 0.1) is 5.82 Å². The third kappa shape index (κ3) is 3.00. The van der Waals surface area contributed by atoms with E-state index in [1.54, 1.807) is 0 Å². The number of hydrogen-bond acceptors (Lipinski definition) is 4. The number of halogens is 2. The van der Waals surface area contributed by atoms with E-state index in [0.717, 1.165) is 12.1 Å². The largest absolute Gasteiger partial charge is 0.337 e. The molecule has 9 heteroatoms. The summed E-state index contributed by atoms with van der Waals surface area (Å²) >= 11 is 3.01. The van der Waals surface area contributed by atoms with Crippen molar-refractivity contribution in [3.8, 4) is 0 Å². The van der Waals surface area contributed by atoms with Crippen molar-refractivity contribution >= 4 is 31.9 Å². The summed E-state index contributed by atoms with van der Waals surface area (Å²) in [6.07, 6.45) is 0.653. The SMILES string of the molecule is NC1CCN(C(=O)c2cc(F)cc(S(N)(=O)=O)c2Br)C1. The molecule has 1 aromatic carbocycles. The van der Waals surface area contributed by atoms with Crippen LogP contribution in [-0.4, -0.2) is 38.4 Å². The van der Waals surface area contributed by atoms with Gasteiger partial charge < -0.3 is 10.6 Å². The van der Waals surface area contributed by atoms with Gasteiger partial charge in [0.05, 0.1) is 14.9 Å². The molecule has 0 aliphatic carbocycles. The molecule has 0 saturated carbocycles. The summed E-state index contributed by atoms with van der Waals surface area (Å²) in [5.74, 6) is -1.32. The molecule has 1 saturated heterocycles. The zero-order valence-electron chi connectivity index (χ0n) is 10.3. The predicted octanol–water partition coefficient (Wildman–Crippen LogP) is 0.409. The Morgan fingerprint density at radius 3 is 2.60 bits per heavy atom. The van der Waals surface area contributed by atoms with E-state index in [0.29, 0.717) is 19.5 Å². The van der Waals surface area contributed by atoms with Gasteiger partial charge in [-0.3, -0.25) is 4.79 Å². The van der Waals surface area contributed by atoms with Crippen molar-refractivity contribution in [2.24, 2.45) is 10.9 Å². The van der Waals surface area contributed by atoms with Crippen LogP contribution in [0.5, 0.6) is 0 Å². The van der Waals surface area contributed by atoms with Gasteiger partial charge >= 0.3 is 0 Å². The van der Waals surface area contributed by atoms with E-state index in [4.69, 9.17) is 10.9 Å². The zero-order chi connectivity index (χ0) is 15.1.